The molecule has 0 aliphatic carbocycles. The van der Waals surface area contributed by atoms with Gasteiger partial charge in [0.15, 0.2) is 7.14 Å². The summed E-state index contributed by atoms with van der Waals surface area (Å²) in [6.45, 7) is 0. The van der Waals surface area contributed by atoms with Crippen LogP contribution in [0, 0.1) is 0 Å². The van der Waals surface area contributed by atoms with Crippen molar-refractivity contribution >= 4 is 50.8 Å². The molecule has 156 valence electrons. The molecule has 0 radical (unpaired) electrons. The molecule has 0 spiro atoms. The molecule has 0 bridgehead atoms. The lowest BCUT2D eigenvalue weighted by Gasteiger charge is -2.21. The Morgan fingerprint density at radius 3 is 1.97 bits per heavy atom. The molecule has 5 aromatic rings. The first-order chi connectivity index (χ1) is 16.2. The first-order valence-corrected chi connectivity index (χ1v) is 12.9. The molecule has 33 heavy (non-hydrogen) atoms. The molecule has 1 N–H and O–H groups in total. The monoisotopic (exact) mass is 441 g/mol. The van der Waals surface area contributed by atoms with Crippen molar-refractivity contribution in [2.45, 2.75) is 0 Å². The summed E-state index contributed by atoms with van der Waals surface area (Å²) in [6.07, 6.45) is 0. The lowest BCUT2D eigenvalue weighted by molar-refractivity contribution is 0.593. The number of hydrogen-bond acceptors (Lipinski definition) is 2. The molecule has 7 rings (SSSR count). The van der Waals surface area contributed by atoms with Crippen LogP contribution >= 0.6 is 7.14 Å². The Morgan fingerprint density at radius 2 is 1.15 bits per heavy atom. The van der Waals surface area contributed by atoms with E-state index in [2.05, 4.69) is 78.1 Å². The van der Waals surface area contributed by atoms with Gasteiger partial charge in [-0.2, -0.15) is 0 Å². The summed E-state index contributed by atoms with van der Waals surface area (Å²) in [4.78, 5) is 0. The zero-order valence-electron chi connectivity index (χ0n) is 17.8. The molecule has 0 saturated carbocycles. The number of fused-ring (bicyclic) bond motifs is 7. The molecule has 1 unspecified atom stereocenters. The van der Waals surface area contributed by atoms with Gasteiger partial charge in [-0.25, -0.2) is 0 Å². The van der Waals surface area contributed by atoms with Gasteiger partial charge >= 0.3 is 0 Å². The van der Waals surface area contributed by atoms with Crippen LogP contribution in [-0.2, 0) is 4.57 Å². The van der Waals surface area contributed by atoms with E-state index in [9.17, 15) is 0 Å². The van der Waals surface area contributed by atoms with Gasteiger partial charge < -0.3 is 9.88 Å². The van der Waals surface area contributed by atoms with Gasteiger partial charge in [-0.1, -0.05) is 97.1 Å². The summed E-state index contributed by atoms with van der Waals surface area (Å²) in [5, 5.41) is 8.63. The lowest BCUT2D eigenvalue weighted by atomic mass is 9.95. The van der Waals surface area contributed by atoms with Crippen molar-refractivity contribution in [3.8, 4) is 0 Å². The SMILES string of the molecule is O=P1(c2ccc3ccccc3c2)C2=C(c3ccccc3Nc3ccccc32)c2ccccc21. The van der Waals surface area contributed by atoms with Crippen LogP contribution in [0.25, 0.3) is 21.7 Å². The van der Waals surface area contributed by atoms with Crippen LogP contribution in [0.5, 0.6) is 0 Å². The van der Waals surface area contributed by atoms with Crippen LogP contribution in [-0.4, -0.2) is 0 Å². The number of nitrogens with one attached hydrogen (secondary N) is 1. The van der Waals surface area contributed by atoms with Crippen LogP contribution in [0.3, 0.4) is 0 Å². The Labute approximate surface area is 192 Å². The second-order valence-electron chi connectivity index (χ2n) is 8.60. The van der Waals surface area contributed by atoms with E-state index >= 15 is 4.57 Å². The summed E-state index contributed by atoms with van der Waals surface area (Å²) in [7, 11) is -3.12. The van der Waals surface area contributed by atoms with E-state index in [4.69, 9.17) is 0 Å². The minimum atomic E-state index is -3.12. The van der Waals surface area contributed by atoms with Crippen molar-refractivity contribution in [2.24, 2.45) is 0 Å². The van der Waals surface area contributed by atoms with Crippen molar-refractivity contribution in [3.63, 3.8) is 0 Å². The minimum Gasteiger partial charge on any atom is -0.355 e. The van der Waals surface area contributed by atoms with Crippen molar-refractivity contribution in [3.05, 3.63) is 132 Å². The van der Waals surface area contributed by atoms with Crippen LogP contribution in [0.2, 0.25) is 0 Å². The summed E-state index contributed by atoms with van der Waals surface area (Å²) in [5.74, 6) is 0. The second-order valence-corrected chi connectivity index (χ2v) is 11.3. The van der Waals surface area contributed by atoms with E-state index in [1.165, 1.54) is 0 Å². The first-order valence-electron chi connectivity index (χ1n) is 11.2. The van der Waals surface area contributed by atoms with Crippen molar-refractivity contribution in [1.29, 1.82) is 0 Å². The topological polar surface area (TPSA) is 29.1 Å². The summed E-state index contributed by atoms with van der Waals surface area (Å²) < 4.78 is 15.5. The standard InChI is InChI=1S/C30H20NOP/c32-33(22-18-17-20-9-1-2-10-21(20)19-22)28-16-8-5-13-25(28)29-23-11-3-6-14-26(23)31-27-15-7-4-12-24(27)30(29)33/h1-19,31H. The summed E-state index contributed by atoms with van der Waals surface area (Å²) in [5.41, 5.74) is 6.27. The molecule has 1 atom stereocenters. The maximum absolute atomic E-state index is 15.5. The third-order valence-corrected chi connectivity index (χ3v) is 9.98. The van der Waals surface area contributed by atoms with E-state index in [1.54, 1.807) is 0 Å². The smallest absolute Gasteiger partial charge is 0.172 e. The quantitative estimate of drug-likeness (QED) is 0.280. The molecular weight excluding hydrogens is 421 g/mol. The third-order valence-electron chi connectivity index (χ3n) is 6.81. The highest BCUT2D eigenvalue weighted by Crippen LogP contribution is 2.67. The molecule has 5 aromatic carbocycles. The zero-order chi connectivity index (χ0) is 22.0. The molecule has 3 heteroatoms. The van der Waals surface area contributed by atoms with Crippen molar-refractivity contribution in [1.82, 2.24) is 0 Å². The fraction of sp³-hybridized carbons (Fsp3) is 0. The molecule has 2 aliphatic rings. The van der Waals surface area contributed by atoms with Crippen LogP contribution in [0.4, 0.5) is 11.4 Å². The fourth-order valence-corrected chi connectivity index (χ4v) is 8.63. The number of anilines is 2. The number of rotatable bonds is 1. The van der Waals surface area contributed by atoms with Gasteiger partial charge in [0.2, 0.25) is 0 Å². The molecule has 2 heterocycles. The van der Waals surface area contributed by atoms with Crippen molar-refractivity contribution in [2.75, 3.05) is 5.32 Å². The van der Waals surface area contributed by atoms with Crippen molar-refractivity contribution < 1.29 is 4.57 Å². The number of para-hydroxylation sites is 2. The van der Waals surface area contributed by atoms with Gasteiger partial charge in [0.25, 0.3) is 0 Å². The average molecular weight is 441 g/mol. The highest BCUT2D eigenvalue weighted by molar-refractivity contribution is 7.88. The largest absolute Gasteiger partial charge is 0.355 e. The highest BCUT2D eigenvalue weighted by atomic mass is 31.2. The number of hydrogen-bond donors (Lipinski definition) is 1. The summed E-state index contributed by atoms with van der Waals surface area (Å²) >= 11 is 0. The van der Waals surface area contributed by atoms with Crippen LogP contribution < -0.4 is 15.9 Å². The van der Waals surface area contributed by atoms with Gasteiger partial charge in [-0.15, -0.1) is 0 Å². The minimum absolute atomic E-state index is 0.882. The first kappa shape index (κ1) is 18.7. The van der Waals surface area contributed by atoms with E-state index in [1.807, 2.05) is 42.5 Å². The second kappa shape index (κ2) is 6.81. The average Bonchev–Trinajstić information content (AvgIpc) is 3.04. The van der Waals surface area contributed by atoms with E-state index < -0.39 is 7.14 Å². The van der Waals surface area contributed by atoms with E-state index in [0.717, 1.165) is 60.3 Å². The van der Waals surface area contributed by atoms with Crippen LogP contribution in [0.15, 0.2) is 115 Å². The van der Waals surface area contributed by atoms with E-state index in [0.29, 0.717) is 0 Å². The highest BCUT2D eigenvalue weighted by Gasteiger charge is 2.45. The zero-order valence-corrected chi connectivity index (χ0v) is 18.7. The number of benzene rings is 5. The Bertz CT molecular complexity index is 1680. The molecule has 0 aromatic heterocycles. The fourth-order valence-electron chi connectivity index (χ4n) is 5.34. The van der Waals surface area contributed by atoms with Gasteiger partial charge in [0, 0.05) is 44.0 Å². The maximum atomic E-state index is 15.5. The Kier molecular flexibility index (Phi) is 3.86. The maximum Gasteiger partial charge on any atom is 0.172 e. The third kappa shape index (κ3) is 2.53. The van der Waals surface area contributed by atoms with Gasteiger partial charge in [-0.3, -0.25) is 0 Å². The van der Waals surface area contributed by atoms with Gasteiger partial charge in [0.05, 0.1) is 0 Å². The molecule has 2 aliphatic heterocycles. The van der Waals surface area contributed by atoms with Crippen LogP contribution in [0.1, 0.15) is 16.7 Å². The Balaban J connectivity index is 1.65. The van der Waals surface area contributed by atoms with E-state index in [-0.39, 0.29) is 0 Å². The predicted molar refractivity (Wildman–Crippen MR) is 139 cm³/mol. The normalized spacial score (nSPS) is 18.1. The Hall–Kier alpha value is -3.87. The van der Waals surface area contributed by atoms with Gasteiger partial charge in [-0.05, 0) is 34.5 Å². The van der Waals surface area contributed by atoms with Gasteiger partial charge in [0.1, 0.15) is 0 Å². The molecule has 2 nitrogen and oxygen atoms in total. The predicted octanol–water partition coefficient (Wildman–Crippen LogP) is 7.14. The lowest BCUT2D eigenvalue weighted by Crippen LogP contribution is -2.16. The summed E-state index contributed by atoms with van der Waals surface area (Å²) in [6, 6.07) is 39.4. The molecule has 0 saturated heterocycles. The molecule has 0 amide bonds. The molecule has 0 fully saturated rings. The molecular formula is C30H20NOP. The Morgan fingerprint density at radius 1 is 0.545 bits per heavy atom.